The molecule has 0 aromatic heterocycles. The fourth-order valence-corrected chi connectivity index (χ4v) is 4.16. The molecular weight excluding hydrogens is 344 g/mol. The van der Waals surface area contributed by atoms with Gasteiger partial charge >= 0.3 is 5.97 Å². The molecule has 1 aromatic carbocycles. The molecular formula is C21H24N2O4. The molecule has 142 valence electrons. The second-order valence-corrected chi connectivity index (χ2v) is 7.28. The molecule has 2 saturated heterocycles. The lowest BCUT2D eigenvalue weighted by Crippen LogP contribution is -2.52. The molecule has 27 heavy (non-hydrogen) atoms. The van der Waals surface area contributed by atoms with Gasteiger partial charge in [0.1, 0.15) is 5.92 Å². The van der Waals surface area contributed by atoms with Gasteiger partial charge in [-0.1, -0.05) is 54.6 Å². The van der Waals surface area contributed by atoms with E-state index in [4.69, 9.17) is 4.74 Å². The smallest absolute Gasteiger partial charge is 0.310 e. The van der Waals surface area contributed by atoms with Gasteiger partial charge in [0.25, 0.3) is 0 Å². The summed E-state index contributed by atoms with van der Waals surface area (Å²) in [5.41, 5.74) is 1.18. The van der Waals surface area contributed by atoms with Crippen LogP contribution in [-0.2, 0) is 14.3 Å². The first-order chi connectivity index (χ1) is 13.1. The Kier molecular flexibility index (Phi) is 5.09. The first kappa shape index (κ1) is 17.9. The van der Waals surface area contributed by atoms with Gasteiger partial charge in [-0.25, -0.2) is 0 Å². The Morgan fingerprint density at radius 2 is 1.70 bits per heavy atom. The summed E-state index contributed by atoms with van der Waals surface area (Å²) in [6.45, 7) is 3.68. The van der Waals surface area contributed by atoms with Crippen LogP contribution in [-0.4, -0.2) is 71.7 Å². The number of amides is 1. The van der Waals surface area contributed by atoms with Crippen molar-refractivity contribution in [2.75, 3.05) is 32.7 Å². The van der Waals surface area contributed by atoms with Crippen LogP contribution >= 0.6 is 0 Å². The first-order valence-corrected chi connectivity index (χ1v) is 9.43. The lowest BCUT2D eigenvalue weighted by Gasteiger charge is -2.36. The summed E-state index contributed by atoms with van der Waals surface area (Å²) in [5.74, 6) is -2.39. The molecule has 3 aliphatic heterocycles. The summed E-state index contributed by atoms with van der Waals surface area (Å²) < 4.78 is 5.63. The Labute approximate surface area is 158 Å². The summed E-state index contributed by atoms with van der Waals surface area (Å²) in [5, 5.41) is 9.49. The van der Waals surface area contributed by atoms with Crippen molar-refractivity contribution in [3.05, 3.63) is 54.1 Å². The standard InChI is InChI=1S/C21H24N2O4/c24-20(18-16-8-9-17(27-16)19(18)21(25)26)23-13-11-22(12-14-23)10-4-7-15-5-2-1-3-6-15/h1-9,16-19H,10-14H2,(H,25,26)/b7-4+/t16-,17-,18+,19-/m1/s1. The molecule has 3 aliphatic rings. The monoisotopic (exact) mass is 368 g/mol. The molecule has 2 bridgehead atoms. The number of aliphatic carboxylic acids is 1. The predicted molar refractivity (Wildman–Crippen MR) is 101 cm³/mol. The molecule has 0 saturated carbocycles. The number of piperazine rings is 1. The summed E-state index contributed by atoms with van der Waals surface area (Å²) in [6, 6.07) is 10.2. The molecule has 4 atom stereocenters. The number of benzene rings is 1. The quantitative estimate of drug-likeness (QED) is 0.798. The van der Waals surface area contributed by atoms with E-state index in [1.165, 1.54) is 5.56 Å². The Morgan fingerprint density at radius 1 is 1.04 bits per heavy atom. The molecule has 0 unspecified atom stereocenters. The maximum absolute atomic E-state index is 12.9. The van der Waals surface area contributed by atoms with E-state index in [0.29, 0.717) is 13.1 Å². The van der Waals surface area contributed by atoms with Crippen molar-refractivity contribution in [1.29, 1.82) is 0 Å². The number of nitrogens with zero attached hydrogens (tertiary/aromatic N) is 2. The molecule has 1 aromatic rings. The van der Waals surface area contributed by atoms with Gasteiger partial charge in [0.05, 0.1) is 18.1 Å². The van der Waals surface area contributed by atoms with Crippen LogP contribution in [0.15, 0.2) is 48.6 Å². The van der Waals surface area contributed by atoms with E-state index in [-0.39, 0.29) is 5.91 Å². The number of ether oxygens (including phenoxy) is 1. The highest BCUT2D eigenvalue weighted by molar-refractivity contribution is 5.87. The van der Waals surface area contributed by atoms with Crippen LogP contribution in [0.1, 0.15) is 5.56 Å². The van der Waals surface area contributed by atoms with E-state index in [0.717, 1.165) is 19.6 Å². The normalized spacial score (nSPS) is 30.3. The number of rotatable bonds is 5. The summed E-state index contributed by atoms with van der Waals surface area (Å²) in [6.07, 6.45) is 6.98. The van der Waals surface area contributed by atoms with E-state index in [1.807, 2.05) is 24.3 Å². The highest BCUT2D eigenvalue weighted by atomic mass is 16.5. The molecule has 3 heterocycles. The lowest BCUT2D eigenvalue weighted by molar-refractivity contribution is -0.150. The van der Waals surface area contributed by atoms with Crippen molar-refractivity contribution in [3.8, 4) is 0 Å². The van der Waals surface area contributed by atoms with Crippen molar-refractivity contribution in [3.63, 3.8) is 0 Å². The Hall–Kier alpha value is -2.44. The number of carboxylic acids is 1. The van der Waals surface area contributed by atoms with Crippen LogP contribution < -0.4 is 0 Å². The van der Waals surface area contributed by atoms with Crippen LogP contribution in [0.25, 0.3) is 6.08 Å². The number of fused-ring (bicyclic) bond motifs is 2. The Bertz CT molecular complexity index is 753. The zero-order chi connectivity index (χ0) is 18.8. The van der Waals surface area contributed by atoms with Gasteiger partial charge in [-0.05, 0) is 5.56 Å². The van der Waals surface area contributed by atoms with E-state index in [2.05, 4.69) is 29.2 Å². The molecule has 0 aliphatic carbocycles. The third-order valence-electron chi connectivity index (χ3n) is 5.63. The van der Waals surface area contributed by atoms with E-state index in [1.54, 1.807) is 11.0 Å². The van der Waals surface area contributed by atoms with Crippen LogP contribution in [0.4, 0.5) is 0 Å². The highest BCUT2D eigenvalue weighted by Gasteiger charge is 2.54. The maximum atomic E-state index is 12.9. The van der Waals surface area contributed by atoms with Gasteiger partial charge in [0, 0.05) is 32.7 Å². The zero-order valence-corrected chi connectivity index (χ0v) is 15.1. The predicted octanol–water partition coefficient (Wildman–Crippen LogP) is 1.50. The second kappa shape index (κ2) is 7.66. The van der Waals surface area contributed by atoms with Crippen LogP contribution in [0.2, 0.25) is 0 Å². The van der Waals surface area contributed by atoms with E-state index < -0.39 is 30.0 Å². The van der Waals surface area contributed by atoms with Crippen molar-refractivity contribution in [1.82, 2.24) is 9.80 Å². The molecule has 1 amide bonds. The topological polar surface area (TPSA) is 70.1 Å². The lowest BCUT2D eigenvalue weighted by atomic mass is 9.82. The van der Waals surface area contributed by atoms with Crippen molar-refractivity contribution < 1.29 is 19.4 Å². The fourth-order valence-electron chi connectivity index (χ4n) is 4.16. The number of hydrogen-bond acceptors (Lipinski definition) is 4. The third kappa shape index (κ3) is 3.68. The van der Waals surface area contributed by atoms with Crippen LogP contribution in [0.5, 0.6) is 0 Å². The molecule has 6 heteroatoms. The molecule has 6 nitrogen and oxygen atoms in total. The van der Waals surface area contributed by atoms with E-state index >= 15 is 0 Å². The minimum absolute atomic E-state index is 0.0845. The Balaban J connectivity index is 1.30. The zero-order valence-electron chi connectivity index (χ0n) is 15.1. The summed E-state index contributed by atoms with van der Waals surface area (Å²) in [4.78, 5) is 28.6. The van der Waals surface area contributed by atoms with Crippen molar-refractivity contribution >= 4 is 18.0 Å². The SMILES string of the molecule is O=C(O)[C@H]1[C@@H](C(=O)N2CCN(C/C=C/c3ccccc3)CC2)[C@H]2C=C[C@H]1O2. The molecule has 0 radical (unpaired) electrons. The van der Waals surface area contributed by atoms with Gasteiger partial charge in [-0.2, -0.15) is 0 Å². The van der Waals surface area contributed by atoms with Gasteiger partial charge < -0.3 is 14.7 Å². The van der Waals surface area contributed by atoms with Gasteiger partial charge in [0.2, 0.25) is 5.91 Å². The number of hydrogen-bond donors (Lipinski definition) is 1. The first-order valence-electron chi connectivity index (χ1n) is 9.43. The Morgan fingerprint density at radius 3 is 2.37 bits per heavy atom. The maximum Gasteiger partial charge on any atom is 0.310 e. The van der Waals surface area contributed by atoms with Crippen molar-refractivity contribution in [2.45, 2.75) is 12.2 Å². The highest BCUT2D eigenvalue weighted by Crippen LogP contribution is 2.40. The fraction of sp³-hybridized carbons (Fsp3) is 0.429. The third-order valence-corrected chi connectivity index (χ3v) is 5.63. The summed E-state index contributed by atoms with van der Waals surface area (Å²) >= 11 is 0. The summed E-state index contributed by atoms with van der Waals surface area (Å²) in [7, 11) is 0. The number of carboxylic acid groups (broad SMARTS) is 1. The van der Waals surface area contributed by atoms with Crippen LogP contribution in [0, 0.1) is 11.8 Å². The van der Waals surface area contributed by atoms with Gasteiger partial charge in [-0.3, -0.25) is 14.5 Å². The van der Waals surface area contributed by atoms with Gasteiger partial charge in [0.15, 0.2) is 0 Å². The molecule has 4 rings (SSSR count). The number of carbonyl (C=O) groups excluding carboxylic acids is 1. The van der Waals surface area contributed by atoms with Crippen molar-refractivity contribution in [2.24, 2.45) is 11.8 Å². The second-order valence-electron chi connectivity index (χ2n) is 7.28. The largest absolute Gasteiger partial charge is 0.481 e. The average molecular weight is 368 g/mol. The van der Waals surface area contributed by atoms with Crippen LogP contribution in [0.3, 0.4) is 0 Å². The molecule has 1 N–H and O–H groups in total. The minimum Gasteiger partial charge on any atom is -0.481 e. The van der Waals surface area contributed by atoms with Gasteiger partial charge in [-0.15, -0.1) is 0 Å². The average Bonchev–Trinajstić information content (AvgIpc) is 3.30. The minimum atomic E-state index is -0.949. The number of carbonyl (C=O) groups is 2. The molecule has 0 spiro atoms. The molecule has 2 fully saturated rings. The van der Waals surface area contributed by atoms with E-state index in [9.17, 15) is 14.7 Å².